The average Bonchev–Trinajstić information content (AvgIpc) is 2.96. The Hall–Kier alpha value is -1.36. The largest absolute Gasteiger partial charge is 0.360 e. The monoisotopic (exact) mass is 265 g/mol. The first-order valence-corrected chi connectivity index (χ1v) is 6.99. The third kappa shape index (κ3) is 3.35. The van der Waals surface area contributed by atoms with Crippen LogP contribution in [0.4, 0.5) is 0 Å². The molecule has 0 unspecified atom stereocenters. The lowest BCUT2D eigenvalue weighted by Gasteiger charge is -2.20. The number of likely N-dealkylation sites (tertiary alicyclic amines) is 1. The molecule has 0 radical (unpaired) electrons. The molecule has 0 saturated carbocycles. The summed E-state index contributed by atoms with van der Waals surface area (Å²) in [7, 11) is 0. The highest BCUT2D eigenvalue weighted by molar-refractivity contribution is 5.92. The average molecular weight is 265 g/mol. The molecule has 1 amide bonds. The Kier molecular flexibility index (Phi) is 4.24. The Labute approximate surface area is 114 Å². The molecular formula is C14H23N3O2. The summed E-state index contributed by atoms with van der Waals surface area (Å²) >= 11 is 0. The quantitative estimate of drug-likeness (QED) is 0.904. The zero-order valence-corrected chi connectivity index (χ0v) is 12.1. The number of carbonyl (C=O) groups is 1. The topological polar surface area (TPSA) is 58.4 Å². The highest BCUT2D eigenvalue weighted by atomic mass is 16.5. The fraction of sp³-hybridized carbons (Fsp3) is 0.714. The van der Waals surface area contributed by atoms with Gasteiger partial charge in [-0.2, -0.15) is 0 Å². The predicted octanol–water partition coefficient (Wildman–Crippen LogP) is 2.01. The Balaban J connectivity index is 1.91. The first-order valence-electron chi connectivity index (χ1n) is 6.99. The summed E-state index contributed by atoms with van der Waals surface area (Å²) in [6.07, 6.45) is 0.999. The van der Waals surface area contributed by atoms with Crippen LogP contribution in [0.1, 0.15) is 56.3 Å². The number of hydrogen-bond donors (Lipinski definition) is 1. The molecule has 5 nitrogen and oxygen atoms in total. The van der Waals surface area contributed by atoms with E-state index in [0.717, 1.165) is 25.3 Å². The molecule has 1 fully saturated rings. The second-order valence-electron chi connectivity index (χ2n) is 5.82. The van der Waals surface area contributed by atoms with Crippen LogP contribution < -0.4 is 5.32 Å². The van der Waals surface area contributed by atoms with E-state index in [-0.39, 0.29) is 17.9 Å². The summed E-state index contributed by atoms with van der Waals surface area (Å²) in [4.78, 5) is 14.4. The van der Waals surface area contributed by atoms with Gasteiger partial charge in [0.2, 0.25) is 0 Å². The van der Waals surface area contributed by atoms with E-state index in [4.69, 9.17) is 4.52 Å². The minimum absolute atomic E-state index is 0.133. The van der Waals surface area contributed by atoms with Crippen molar-refractivity contribution in [2.45, 2.75) is 52.1 Å². The van der Waals surface area contributed by atoms with Gasteiger partial charge in [-0.25, -0.2) is 0 Å². The van der Waals surface area contributed by atoms with Crippen LogP contribution in [0.25, 0.3) is 0 Å². The van der Waals surface area contributed by atoms with Crippen LogP contribution in [0.3, 0.4) is 0 Å². The molecule has 1 aliphatic rings. The first-order chi connectivity index (χ1) is 8.97. The molecule has 1 atom stereocenters. The summed E-state index contributed by atoms with van der Waals surface area (Å²) in [5, 5.41) is 6.86. The van der Waals surface area contributed by atoms with Crippen molar-refractivity contribution in [1.29, 1.82) is 0 Å². The minimum Gasteiger partial charge on any atom is -0.360 e. The van der Waals surface area contributed by atoms with Crippen LogP contribution in [0.15, 0.2) is 10.6 Å². The van der Waals surface area contributed by atoms with Gasteiger partial charge in [-0.05, 0) is 20.3 Å². The van der Waals surface area contributed by atoms with E-state index in [1.165, 1.54) is 0 Å². The second-order valence-corrected chi connectivity index (χ2v) is 5.82. The lowest BCUT2D eigenvalue weighted by Crippen LogP contribution is -2.38. The van der Waals surface area contributed by atoms with Gasteiger partial charge in [0.25, 0.3) is 5.91 Å². The lowest BCUT2D eigenvalue weighted by atomic mass is 10.1. The van der Waals surface area contributed by atoms with E-state index in [1.807, 2.05) is 13.8 Å². The first kappa shape index (κ1) is 14.1. The maximum atomic E-state index is 12.1. The van der Waals surface area contributed by atoms with Crippen molar-refractivity contribution in [2.24, 2.45) is 0 Å². The van der Waals surface area contributed by atoms with Gasteiger partial charge in [0.1, 0.15) is 5.76 Å². The molecule has 19 heavy (non-hydrogen) atoms. The van der Waals surface area contributed by atoms with Gasteiger partial charge in [-0.15, -0.1) is 0 Å². The van der Waals surface area contributed by atoms with Crippen molar-refractivity contribution in [3.05, 3.63) is 17.5 Å². The molecule has 5 heteroatoms. The van der Waals surface area contributed by atoms with Crippen molar-refractivity contribution < 1.29 is 9.32 Å². The molecule has 2 heterocycles. The van der Waals surface area contributed by atoms with Crippen LogP contribution in [-0.4, -0.2) is 41.1 Å². The van der Waals surface area contributed by atoms with Crippen molar-refractivity contribution in [3.8, 4) is 0 Å². The number of nitrogens with one attached hydrogen (secondary N) is 1. The Morgan fingerprint density at radius 2 is 2.21 bits per heavy atom. The van der Waals surface area contributed by atoms with E-state index >= 15 is 0 Å². The number of nitrogens with zero attached hydrogens (tertiary/aromatic N) is 2. The molecular weight excluding hydrogens is 242 g/mol. The van der Waals surface area contributed by atoms with E-state index in [1.54, 1.807) is 6.07 Å². The molecule has 1 aromatic heterocycles. The molecule has 106 valence electrons. The summed E-state index contributed by atoms with van der Waals surface area (Å²) in [5.74, 6) is 0.864. The highest BCUT2D eigenvalue weighted by Crippen LogP contribution is 2.16. The maximum absolute atomic E-state index is 12.1. The van der Waals surface area contributed by atoms with Gasteiger partial charge in [0.15, 0.2) is 5.69 Å². The third-order valence-corrected chi connectivity index (χ3v) is 3.62. The molecule has 0 bridgehead atoms. The normalized spacial score (nSPS) is 20.4. The van der Waals surface area contributed by atoms with E-state index in [9.17, 15) is 4.79 Å². The van der Waals surface area contributed by atoms with Crippen LogP contribution in [0.2, 0.25) is 0 Å². The van der Waals surface area contributed by atoms with Crippen molar-refractivity contribution >= 4 is 5.91 Å². The summed E-state index contributed by atoms with van der Waals surface area (Å²) in [6, 6.07) is 2.48. The zero-order valence-electron chi connectivity index (χ0n) is 12.1. The Morgan fingerprint density at radius 1 is 1.47 bits per heavy atom. The van der Waals surface area contributed by atoms with Gasteiger partial charge in [0, 0.05) is 37.2 Å². The van der Waals surface area contributed by atoms with E-state index in [0.29, 0.717) is 11.7 Å². The van der Waals surface area contributed by atoms with Crippen molar-refractivity contribution in [1.82, 2.24) is 15.4 Å². The Bertz CT molecular complexity index is 440. The molecule has 2 rings (SSSR count). The lowest BCUT2D eigenvalue weighted by molar-refractivity contribution is 0.0927. The fourth-order valence-corrected chi connectivity index (χ4v) is 2.30. The van der Waals surface area contributed by atoms with Crippen LogP contribution in [0.5, 0.6) is 0 Å². The molecule has 1 aliphatic heterocycles. The highest BCUT2D eigenvalue weighted by Gasteiger charge is 2.26. The summed E-state index contributed by atoms with van der Waals surface area (Å²) in [6.45, 7) is 10.3. The smallest absolute Gasteiger partial charge is 0.273 e. The molecule has 0 aliphatic carbocycles. The number of carbonyl (C=O) groups excluding carboxylic acids is 1. The van der Waals surface area contributed by atoms with Gasteiger partial charge in [-0.1, -0.05) is 19.0 Å². The van der Waals surface area contributed by atoms with E-state index in [2.05, 4.69) is 29.2 Å². The van der Waals surface area contributed by atoms with Gasteiger partial charge < -0.3 is 9.84 Å². The minimum atomic E-state index is -0.133. The van der Waals surface area contributed by atoms with Crippen molar-refractivity contribution in [2.75, 3.05) is 13.1 Å². The number of rotatable bonds is 4. The molecule has 1 aromatic rings. The second kappa shape index (κ2) is 5.74. The Morgan fingerprint density at radius 3 is 2.74 bits per heavy atom. The SMILES string of the molecule is CC(C)c1cc(C(=O)N[C@H]2CCN(C(C)C)C2)no1. The van der Waals surface area contributed by atoms with Gasteiger partial charge >= 0.3 is 0 Å². The summed E-state index contributed by atoms with van der Waals surface area (Å²) < 4.78 is 5.15. The molecule has 1 saturated heterocycles. The van der Waals surface area contributed by atoms with Crippen LogP contribution in [-0.2, 0) is 0 Å². The molecule has 1 N–H and O–H groups in total. The predicted molar refractivity (Wildman–Crippen MR) is 73.2 cm³/mol. The molecule has 0 aromatic carbocycles. The van der Waals surface area contributed by atoms with Crippen LogP contribution in [0, 0.1) is 0 Å². The van der Waals surface area contributed by atoms with E-state index < -0.39 is 0 Å². The van der Waals surface area contributed by atoms with Crippen molar-refractivity contribution in [3.63, 3.8) is 0 Å². The van der Waals surface area contributed by atoms with Gasteiger partial charge in [-0.3, -0.25) is 9.69 Å². The number of hydrogen-bond acceptors (Lipinski definition) is 4. The van der Waals surface area contributed by atoms with Crippen LogP contribution >= 0.6 is 0 Å². The number of amides is 1. The summed E-state index contributed by atoms with van der Waals surface area (Å²) in [5.41, 5.74) is 0.381. The number of aromatic nitrogens is 1. The zero-order chi connectivity index (χ0) is 14.0. The molecule has 0 spiro atoms. The fourth-order valence-electron chi connectivity index (χ4n) is 2.30. The standard InChI is InChI=1S/C14H23N3O2/c1-9(2)13-7-12(16-19-13)14(18)15-11-5-6-17(8-11)10(3)4/h7,9-11H,5-6,8H2,1-4H3,(H,15,18)/t11-/m0/s1. The third-order valence-electron chi connectivity index (χ3n) is 3.62. The maximum Gasteiger partial charge on any atom is 0.273 e. The van der Waals surface area contributed by atoms with Gasteiger partial charge in [0.05, 0.1) is 0 Å².